The molecule has 7 nitrogen and oxygen atoms in total. The van der Waals surface area contributed by atoms with Gasteiger partial charge in [-0.1, -0.05) is 12.1 Å². The van der Waals surface area contributed by atoms with E-state index in [1.165, 1.54) is 17.7 Å². The average Bonchev–Trinajstić information content (AvgIpc) is 3.17. The Morgan fingerprint density at radius 1 is 1.21 bits per heavy atom. The number of aromatic hydroxyl groups is 1. The molecule has 2 aliphatic rings. The summed E-state index contributed by atoms with van der Waals surface area (Å²) in [6, 6.07) is 10.4. The fourth-order valence-corrected chi connectivity index (χ4v) is 4.34. The second-order valence-corrected chi connectivity index (χ2v) is 9.01. The van der Waals surface area contributed by atoms with E-state index in [0.29, 0.717) is 30.1 Å². The molecule has 1 saturated heterocycles. The van der Waals surface area contributed by atoms with Crippen molar-refractivity contribution in [1.82, 2.24) is 0 Å². The Balaban J connectivity index is 1.62. The van der Waals surface area contributed by atoms with E-state index < -0.39 is 10.0 Å². The van der Waals surface area contributed by atoms with Crippen molar-refractivity contribution in [3.63, 3.8) is 0 Å². The number of rotatable bonds is 4. The average molecular weight is 402 g/mol. The Bertz CT molecular complexity index is 1030. The van der Waals surface area contributed by atoms with Crippen LogP contribution in [-0.2, 0) is 21.2 Å². The van der Waals surface area contributed by atoms with E-state index in [-0.39, 0.29) is 17.3 Å². The molecule has 4 rings (SSSR count). The van der Waals surface area contributed by atoms with Crippen LogP contribution in [0, 0.1) is 0 Å². The Labute approximate surface area is 164 Å². The number of benzene rings is 2. The van der Waals surface area contributed by atoms with Gasteiger partial charge in [-0.25, -0.2) is 8.42 Å². The molecule has 28 heavy (non-hydrogen) atoms. The van der Waals surface area contributed by atoms with Gasteiger partial charge in [0.1, 0.15) is 5.75 Å². The van der Waals surface area contributed by atoms with E-state index >= 15 is 0 Å². The van der Waals surface area contributed by atoms with E-state index in [1.54, 1.807) is 11.0 Å². The van der Waals surface area contributed by atoms with E-state index in [0.717, 1.165) is 31.5 Å². The first-order valence-corrected chi connectivity index (χ1v) is 11.0. The van der Waals surface area contributed by atoms with Gasteiger partial charge in [0.15, 0.2) is 0 Å². The van der Waals surface area contributed by atoms with Crippen molar-refractivity contribution in [3.8, 4) is 5.75 Å². The first-order chi connectivity index (χ1) is 13.3. The van der Waals surface area contributed by atoms with Crippen LogP contribution >= 0.6 is 0 Å². The molecule has 2 aromatic carbocycles. The van der Waals surface area contributed by atoms with Gasteiger partial charge in [0.2, 0.25) is 10.0 Å². The van der Waals surface area contributed by atoms with Crippen LogP contribution in [0.3, 0.4) is 0 Å². The smallest absolute Gasteiger partial charge is 0.258 e. The zero-order chi connectivity index (χ0) is 19.9. The van der Waals surface area contributed by atoms with E-state index in [2.05, 4.69) is 10.8 Å². The number of nitrogens with one attached hydrogen (secondary N) is 1. The second-order valence-electron chi connectivity index (χ2n) is 7.26. The minimum Gasteiger partial charge on any atom is -0.506 e. The van der Waals surface area contributed by atoms with E-state index in [9.17, 15) is 18.3 Å². The minimum atomic E-state index is -3.55. The first-order valence-electron chi connectivity index (χ1n) is 9.15. The van der Waals surface area contributed by atoms with Gasteiger partial charge < -0.3 is 14.7 Å². The molecule has 1 atom stereocenters. The Hall–Kier alpha value is -2.58. The molecule has 0 aliphatic carbocycles. The number of nitrogens with zero attached hydrogens (tertiary/aromatic N) is 1. The molecule has 0 spiro atoms. The lowest BCUT2D eigenvalue weighted by molar-refractivity contribution is 0.0980. The SMILES string of the molecule is CS(=O)(=O)Nc1cc(N2CCc3cc(C4CCOC4)ccc3C2=O)ccc1O. The lowest BCUT2D eigenvalue weighted by Crippen LogP contribution is -2.37. The van der Waals surface area contributed by atoms with Gasteiger partial charge in [-0.05, 0) is 48.2 Å². The zero-order valence-electron chi connectivity index (χ0n) is 15.5. The maximum atomic E-state index is 13.0. The molecule has 0 bridgehead atoms. The van der Waals surface area contributed by atoms with Gasteiger partial charge in [-0.3, -0.25) is 9.52 Å². The monoisotopic (exact) mass is 402 g/mol. The van der Waals surface area contributed by atoms with Crippen LogP contribution in [0.4, 0.5) is 11.4 Å². The highest BCUT2D eigenvalue weighted by Crippen LogP contribution is 2.33. The van der Waals surface area contributed by atoms with Crippen molar-refractivity contribution < 1.29 is 23.1 Å². The summed E-state index contributed by atoms with van der Waals surface area (Å²) in [5, 5.41) is 9.91. The number of phenols is 1. The molecule has 2 aromatic rings. The van der Waals surface area contributed by atoms with Gasteiger partial charge >= 0.3 is 0 Å². The summed E-state index contributed by atoms with van der Waals surface area (Å²) in [4.78, 5) is 14.6. The summed E-state index contributed by atoms with van der Waals surface area (Å²) >= 11 is 0. The normalized spacial score (nSPS) is 19.5. The van der Waals surface area contributed by atoms with Crippen LogP contribution in [0.5, 0.6) is 5.75 Å². The number of carbonyl (C=O) groups excluding carboxylic acids is 1. The highest BCUT2D eigenvalue weighted by molar-refractivity contribution is 7.92. The third kappa shape index (κ3) is 3.70. The number of anilines is 2. The summed E-state index contributed by atoms with van der Waals surface area (Å²) in [6.07, 6.45) is 2.72. The maximum Gasteiger partial charge on any atom is 0.258 e. The van der Waals surface area contributed by atoms with Gasteiger partial charge in [-0.2, -0.15) is 0 Å². The molecule has 8 heteroatoms. The highest BCUT2D eigenvalue weighted by atomic mass is 32.2. The van der Waals surface area contributed by atoms with Crippen LogP contribution in [0.2, 0.25) is 0 Å². The highest BCUT2D eigenvalue weighted by Gasteiger charge is 2.28. The lowest BCUT2D eigenvalue weighted by Gasteiger charge is -2.29. The van der Waals surface area contributed by atoms with Crippen LogP contribution < -0.4 is 9.62 Å². The topological polar surface area (TPSA) is 95.9 Å². The molecule has 1 unspecified atom stereocenters. The summed E-state index contributed by atoms with van der Waals surface area (Å²) in [5.41, 5.74) is 3.48. The van der Waals surface area contributed by atoms with Crippen LogP contribution in [-0.4, -0.2) is 45.4 Å². The molecule has 0 radical (unpaired) electrons. The largest absolute Gasteiger partial charge is 0.506 e. The molecule has 2 aliphatic heterocycles. The minimum absolute atomic E-state index is 0.0511. The van der Waals surface area contributed by atoms with Crippen molar-refractivity contribution in [2.24, 2.45) is 0 Å². The van der Waals surface area contributed by atoms with Gasteiger partial charge in [0.05, 0.1) is 18.6 Å². The number of fused-ring (bicyclic) bond motifs is 1. The maximum absolute atomic E-state index is 13.0. The first kappa shape index (κ1) is 18.8. The third-order valence-corrected chi connectivity index (χ3v) is 5.79. The fraction of sp³-hybridized carbons (Fsp3) is 0.350. The van der Waals surface area contributed by atoms with Crippen LogP contribution in [0.25, 0.3) is 0 Å². The van der Waals surface area contributed by atoms with Crippen molar-refractivity contribution in [1.29, 1.82) is 0 Å². The number of phenolic OH excluding ortho intramolecular Hbond substituents is 1. The molecule has 148 valence electrons. The van der Waals surface area contributed by atoms with Crippen LogP contribution in [0.15, 0.2) is 36.4 Å². The number of hydrogen-bond acceptors (Lipinski definition) is 5. The number of hydrogen-bond donors (Lipinski definition) is 2. The lowest BCUT2D eigenvalue weighted by atomic mass is 9.91. The summed E-state index contributed by atoms with van der Waals surface area (Å²) in [5.74, 6) is 0.0640. The second kappa shape index (κ2) is 7.10. The fourth-order valence-electron chi connectivity index (χ4n) is 3.78. The zero-order valence-corrected chi connectivity index (χ0v) is 16.3. The number of amides is 1. The predicted octanol–water partition coefficient (Wildman–Crippen LogP) is 2.47. The molecular formula is C20H22N2O5S. The Morgan fingerprint density at radius 3 is 2.75 bits per heavy atom. The van der Waals surface area contributed by atoms with Crippen molar-refractivity contribution >= 4 is 27.3 Å². The number of sulfonamides is 1. The van der Waals surface area contributed by atoms with E-state index in [4.69, 9.17) is 4.74 Å². The predicted molar refractivity (Wildman–Crippen MR) is 107 cm³/mol. The Morgan fingerprint density at radius 2 is 2.04 bits per heavy atom. The molecular weight excluding hydrogens is 380 g/mol. The van der Waals surface area contributed by atoms with E-state index in [1.807, 2.05) is 12.1 Å². The number of carbonyl (C=O) groups is 1. The van der Waals surface area contributed by atoms with Gasteiger partial charge in [0.25, 0.3) is 5.91 Å². The summed E-state index contributed by atoms with van der Waals surface area (Å²) in [7, 11) is -3.55. The Kier molecular flexibility index (Phi) is 4.76. The molecule has 0 saturated carbocycles. The van der Waals surface area contributed by atoms with Gasteiger partial charge in [0, 0.05) is 30.3 Å². The molecule has 0 aromatic heterocycles. The quantitative estimate of drug-likeness (QED) is 0.766. The van der Waals surface area contributed by atoms with Crippen molar-refractivity contribution in [2.45, 2.75) is 18.8 Å². The third-order valence-electron chi connectivity index (χ3n) is 5.20. The van der Waals surface area contributed by atoms with Crippen molar-refractivity contribution in [2.75, 3.05) is 35.6 Å². The van der Waals surface area contributed by atoms with Crippen LogP contribution in [0.1, 0.15) is 33.8 Å². The number of ether oxygens (including phenoxy) is 1. The standard InChI is InChI=1S/C20H22N2O5S/c1-28(25,26)21-18-11-16(3-5-19(18)23)22-8-6-14-10-13(15-7-9-27-12-15)2-4-17(14)20(22)24/h2-5,10-11,15,21,23H,6-9,12H2,1H3. The molecule has 2 N–H and O–H groups in total. The van der Waals surface area contributed by atoms with Crippen molar-refractivity contribution in [3.05, 3.63) is 53.1 Å². The molecule has 2 heterocycles. The molecule has 1 fully saturated rings. The van der Waals surface area contributed by atoms with Gasteiger partial charge in [-0.15, -0.1) is 0 Å². The summed E-state index contributed by atoms with van der Waals surface area (Å²) < 4.78 is 30.7. The molecule has 1 amide bonds. The summed E-state index contributed by atoms with van der Waals surface area (Å²) in [6.45, 7) is 1.99.